The van der Waals surface area contributed by atoms with E-state index in [1.54, 1.807) is 0 Å². The Kier molecular flexibility index (Phi) is 5.17. The van der Waals surface area contributed by atoms with E-state index in [0.29, 0.717) is 6.61 Å². The second-order valence-electron chi connectivity index (χ2n) is 4.65. The molecule has 102 valence electrons. The molecule has 0 aromatic rings. The van der Waals surface area contributed by atoms with Gasteiger partial charge in [0.1, 0.15) is 0 Å². The van der Waals surface area contributed by atoms with Gasteiger partial charge in [-0.2, -0.15) is 0 Å². The molecule has 1 aliphatic heterocycles. The summed E-state index contributed by atoms with van der Waals surface area (Å²) in [5, 5.41) is 2.63. The van der Waals surface area contributed by atoms with Gasteiger partial charge in [-0.3, -0.25) is 14.1 Å². The third-order valence-electron chi connectivity index (χ3n) is 2.58. The van der Waals surface area contributed by atoms with E-state index < -0.39 is 19.3 Å². The van der Waals surface area contributed by atoms with E-state index in [0.717, 1.165) is 0 Å². The molecule has 0 saturated carbocycles. The van der Waals surface area contributed by atoms with Crippen LogP contribution in [-0.2, 0) is 23.4 Å². The van der Waals surface area contributed by atoms with Crippen LogP contribution in [0.3, 0.4) is 0 Å². The van der Waals surface area contributed by atoms with Gasteiger partial charge in [0.05, 0.1) is 20.1 Å². The molecule has 0 spiro atoms. The molecule has 0 radical (unpaired) electrons. The van der Waals surface area contributed by atoms with E-state index in [2.05, 4.69) is 10.1 Å². The van der Waals surface area contributed by atoms with Crippen molar-refractivity contribution >= 4 is 19.7 Å². The maximum Gasteiger partial charge on any atom is 0.307 e. The van der Waals surface area contributed by atoms with Gasteiger partial charge < -0.3 is 14.6 Å². The molecule has 0 aromatic heterocycles. The normalized spacial score (nSPS) is 24.3. The van der Waals surface area contributed by atoms with Crippen molar-refractivity contribution in [1.29, 1.82) is 0 Å². The number of hydrogen-bond acceptors (Lipinski definition) is 5. The summed E-state index contributed by atoms with van der Waals surface area (Å²) in [5.74, 6) is -0.659. The van der Waals surface area contributed by atoms with Crippen molar-refractivity contribution in [2.24, 2.45) is 5.41 Å². The molecule has 0 aromatic carbocycles. The standard InChI is InChI=1S/C11H18NO5P/c1-11(2)7-16-18(4)17-9(11)10(14)12-6-5-8(13)15-3/h4,9H,5-7H2,1-3H3,(H,12,14)/t9-/m0/s1. The third-order valence-corrected chi connectivity index (χ3v) is 3.38. The number of hydrogen-bond donors (Lipinski definition) is 1. The molecule has 1 rings (SSSR count). The molecule has 1 unspecified atom stereocenters. The molecule has 7 heteroatoms. The Labute approximate surface area is 107 Å². The van der Waals surface area contributed by atoms with Gasteiger partial charge in [0.15, 0.2) is 13.9 Å². The van der Waals surface area contributed by atoms with E-state index in [9.17, 15) is 9.59 Å². The van der Waals surface area contributed by atoms with Crippen LogP contribution in [0.15, 0.2) is 0 Å². The summed E-state index contributed by atoms with van der Waals surface area (Å²) in [7, 11) is -0.203. The first-order valence-electron chi connectivity index (χ1n) is 5.56. The lowest BCUT2D eigenvalue weighted by Gasteiger charge is -2.36. The van der Waals surface area contributed by atoms with Crippen LogP contribution in [0.4, 0.5) is 0 Å². The van der Waals surface area contributed by atoms with Crippen molar-refractivity contribution in [2.75, 3.05) is 20.3 Å². The number of esters is 1. The number of carbonyl (C=O) groups is 2. The van der Waals surface area contributed by atoms with Gasteiger partial charge in [-0.1, -0.05) is 20.0 Å². The first-order chi connectivity index (χ1) is 8.36. The van der Waals surface area contributed by atoms with Gasteiger partial charge >= 0.3 is 5.97 Å². The smallest absolute Gasteiger partial charge is 0.307 e. The number of amides is 1. The van der Waals surface area contributed by atoms with Crippen molar-refractivity contribution in [3.63, 3.8) is 0 Å². The summed E-state index contributed by atoms with van der Waals surface area (Å²) < 4.78 is 15.0. The zero-order valence-electron chi connectivity index (χ0n) is 10.8. The second-order valence-corrected chi connectivity index (χ2v) is 5.69. The Hall–Kier alpha value is -1.06. The topological polar surface area (TPSA) is 73.9 Å². The molecule has 1 amide bonds. The van der Waals surface area contributed by atoms with Crippen LogP contribution in [0.25, 0.3) is 0 Å². The van der Waals surface area contributed by atoms with Crippen molar-refractivity contribution in [3.8, 4) is 6.13 Å². The van der Waals surface area contributed by atoms with Crippen LogP contribution < -0.4 is 5.32 Å². The Morgan fingerprint density at radius 2 is 2.22 bits per heavy atom. The van der Waals surface area contributed by atoms with Crippen molar-refractivity contribution in [2.45, 2.75) is 26.4 Å². The fourth-order valence-electron chi connectivity index (χ4n) is 1.47. The van der Waals surface area contributed by atoms with Gasteiger partial charge in [-0.25, -0.2) is 0 Å². The Morgan fingerprint density at radius 1 is 1.56 bits per heavy atom. The average molecular weight is 275 g/mol. The number of rotatable bonds is 4. The van der Waals surface area contributed by atoms with Crippen LogP contribution in [-0.4, -0.2) is 38.2 Å². The van der Waals surface area contributed by atoms with Crippen LogP contribution in [0, 0.1) is 11.5 Å². The summed E-state index contributed by atoms with van der Waals surface area (Å²) in [5.41, 5.74) is -0.451. The molecule has 1 aliphatic rings. The highest BCUT2D eigenvalue weighted by atomic mass is 31.1. The highest BCUT2D eigenvalue weighted by Crippen LogP contribution is 2.39. The van der Waals surface area contributed by atoms with E-state index in [-0.39, 0.29) is 24.8 Å². The SMILES string of the molecule is C#P1OCC(C)(C)[C@H](C(=O)NCCC(=O)OC)O1. The molecule has 1 saturated heterocycles. The van der Waals surface area contributed by atoms with Crippen molar-refractivity contribution in [1.82, 2.24) is 5.32 Å². The fraction of sp³-hybridized carbons (Fsp3) is 0.727. The molecule has 2 atom stereocenters. The number of ether oxygens (including phenoxy) is 1. The Morgan fingerprint density at radius 3 is 2.83 bits per heavy atom. The van der Waals surface area contributed by atoms with Crippen molar-refractivity contribution in [3.05, 3.63) is 0 Å². The Bertz CT molecular complexity index is 398. The molecular formula is C11H18NO5P. The first kappa shape index (κ1) is 15.0. The van der Waals surface area contributed by atoms with Gasteiger partial charge in [0.2, 0.25) is 0 Å². The number of carbonyl (C=O) groups excluding carboxylic acids is 2. The van der Waals surface area contributed by atoms with E-state index in [1.807, 2.05) is 13.8 Å². The maximum absolute atomic E-state index is 11.9. The lowest BCUT2D eigenvalue weighted by atomic mass is 9.87. The molecule has 0 aliphatic carbocycles. The lowest BCUT2D eigenvalue weighted by Crippen LogP contribution is -2.48. The largest absolute Gasteiger partial charge is 0.469 e. The minimum atomic E-state index is -1.50. The molecular weight excluding hydrogens is 257 g/mol. The van der Waals surface area contributed by atoms with Crippen LogP contribution in [0.1, 0.15) is 20.3 Å². The van der Waals surface area contributed by atoms with Gasteiger partial charge in [-0.05, 0) is 0 Å². The molecule has 1 N–H and O–H groups in total. The monoisotopic (exact) mass is 275 g/mol. The van der Waals surface area contributed by atoms with Gasteiger partial charge in [0, 0.05) is 12.0 Å². The maximum atomic E-state index is 11.9. The zero-order valence-corrected chi connectivity index (χ0v) is 11.7. The van der Waals surface area contributed by atoms with E-state index in [4.69, 9.17) is 15.2 Å². The summed E-state index contributed by atoms with van der Waals surface area (Å²) >= 11 is 0. The molecule has 1 heterocycles. The lowest BCUT2D eigenvalue weighted by molar-refractivity contribution is -0.141. The van der Waals surface area contributed by atoms with E-state index in [1.165, 1.54) is 7.11 Å². The Balaban J connectivity index is 2.49. The average Bonchev–Trinajstić information content (AvgIpc) is 2.31. The van der Waals surface area contributed by atoms with Crippen molar-refractivity contribution < 1.29 is 23.4 Å². The van der Waals surface area contributed by atoms with E-state index >= 15 is 0 Å². The molecule has 18 heavy (non-hydrogen) atoms. The number of nitrogens with one attached hydrogen (secondary N) is 1. The van der Waals surface area contributed by atoms with Crippen LogP contribution in [0.2, 0.25) is 0 Å². The molecule has 0 bridgehead atoms. The van der Waals surface area contributed by atoms with Crippen LogP contribution >= 0.6 is 7.83 Å². The predicted octanol–water partition coefficient (Wildman–Crippen LogP) is 1.01. The highest BCUT2D eigenvalue weighted by molar-refractivity contribution is 7.35. The van der Waals surface area contributed by atoms with Gasteiger partial charge in [0.25, 0.3) is 5.91 Å². The summed E-state index contributed by atoms with van der Waals surface area (Å²) in [6, 6.07) is 0. The molecule has 1 fully saturated rings. The highest BCUT2D eigenvalue weighted by Gasteiger charge is 2.40. The summed E-state index contributed by atoms with van der Waals surface area (Å²) in [6.07, 6.45) is 5.01. The summed E-state index contributed by atoms with van der Waals surface area (Å²) in [4.78, 5) is 22.8. The third kappa shape index (κ3) is 4.00. The van der Waals surface area contributed by atoms with Crippen LogP contribution in [0.5, 0.6) is 0 Å². The summed E-state index contributed by atoms with van der Waals surface area (Å²) in [6.45, 7) is 4.30. The van der Waals surface area contributed by atoms with Gasteiger partial charge in [-0.15, -0.1) is 0 Å². The zero-order chi connectivity index (χ0) is 13.8. The predicted molar refractivity (Wildman–Crippen MR) is 66.1 cm³/mol. The minimum Gasteiger partial charge on any atom is -0.469 e. The number of methoxy groups -OCH3 is 1. The minimum absolute atomic E-state index is 0.128. The second kappa shape index (κ2) is 6.21. The molecule has 6 nitrogen and oxygen atoms in total. The first-order valence-corrected chi connectivity index (χ1v) is 6.80. The fourth-order valence-corrected chi connectivity index (χ4v) is 2.58. The quantitative estimate of drug-likeness (QED) is 0.612.